The van der Waals surface area contributed by atoms with E-state index in [0.29, 0.717) is 11.1 Å². The minimum atomic E-state index is -0.754. The van der Waals surface area contributed by atoms with Crippen molar-refractivity contribution < 1.29 is 26.3 Å². The molecule has 0 aliphatic heterocycles. The van der Waals surface area contributed by atoms with Crippen LogP contribution in [0.5, 0.6) is 0 Å². The minimum absolute atomic E-state index is 0.122. The zero-order chi connectivity index (χ0) is 48.1. The van der Waals surface area contributed by atoms with Gasteiger partial charge >= 0.3 is 0 Å². The van der Waals surface area contributed by atoms with E-state index >= 15 is 0 Å². The van der Waals surface area contributed by atoms with E-state index in [1.807, 2.05) is 36.4 Å². The summed E-state index contributed by atoms with van der Waals surface area (Å²) in [5.41, 5.74) is -1.35. The van der Waals surface area contributed by atoms with E-state index in [0.717, 1.165) is 15.3 Å². The molecule has 8 aromatic carbocycles. The molecule has 11 aromatic rings. The Hall–Kier alpha value is -7.11. The first-order chi connectivity index (χ1) is 32.4. The van der Waals surface area contributed by atoms with E-state index in [1.54, 1.807) is 36.4 Å². The van der Waals surface area contributed by atoms with Gasteiger partial charge in [-0.05, 0) is 57.8 Å². The van der Waals surface area contributed by atoms with E-state index < -0.39 is 130 Å². The van der Waals surface area contributed by atoms with E-state index in [-0.39, 0.29) is 50.2 Å². The van der Waals surface area contributed by atoms with Crippen molar-refractivity contribution in [3.63, 3.8) is 0 Å². The zero-order valence-corrected chi connectivity index (χ0v) is 26.6. The Kier molecular flexibility index (Phi) is 3.71. The highest BCUT2D eigenvalue weighted by atomic mass is 16.3. The minimum Gasteiger partial charge on any atom is -0.456 e. The average Bonchev–Trinajstić information content (AvgIpc) is 3.92. The molecular formula is C47H28N4O. The van der Waals surface area contributed by atoms with Gasteiger partial charge in [-0.1, -0.05) is 127 Å². The summed E-state index contributed by atoms with van der Waals surface area (Å²) in [5, 5.41) is -0.103. The van der Waals surface area contributed by atoms with E-state index in [2.05, 4.69) is 0 Å². The van der Waals surface area contributed by atoms with Gasteiger partial charge < -0.3 is 8.98 Å². The highest BCUT2D eigenvalue weighted by molar-refractivity contribution is 6.15. The van der Waals surface area contributed by atoms with Crippen LogP contribution < -0.4 is 0 Å². The number of para-hydroxylation sites is 2. The highest BCUT2D eigenvalue weighted by Crippen LogP contribution is 2.41. The van der Waals surface area contributed by atoms with Gasteiger partial charge in [-0.25, -0.2) is 15.0 Å². The van der Waals surface area contributed by atoms with Crippen molar-refractivity contribution in [2.45, 2.75) is 0 Å². The number of fused-ring (bicyclic) bond motifs is 8. The second-order valence-electron chi connectivity index (χ2n) is 12.0. The molecule has 0 saturated heterocycles. The first-order valence-corrected chi connectivity index (χ1v) is 16.1. The first kappa shape index (κ1) is 17.2. The fourth-order valence-electron chi connectivity index (χ4n) is 6.61. The van der Waals surface area contributed by atoms with Gasteiger partial charge in [0.25, 0.3) is 0 Å². The maximum atomic E-state index is 10.3. The molecule has 0 atom stereocenters. The van der Waals surface area contributed by atoms with Crippen LogP contribution in [-0.4, -0.2) is 19.5 Å². The molecule has 3 heterocycles. The fraction of sp³-hybridized carbons (Fsp3) is 0. The SMILES string of the molecule is [2H]c1c([2H])c([2H])c2c(oc3c([2H])c(-n4c5c([2H])c([2H])c([2H])c([2H])c5c5c([2H])c6c([2H])c([2H])c([2H])c([2H])c6c([2H])c54)c([2H])c(-c4nc(-c5ccccc5)nc(-c5ccc6ccccc6c5)n4)c32)c1[2H]. The van der Waals surface area contributed by atoms with Gasteiger partial charge in [0.05, 0.1) is 38.7 Å². The van der Waals surface area contributed by atoms with Crippen LogP contribution >= 0.6 is 0 Å². The quantitative estimate of drug-likeness (QED) is 0.186. The lowest BCUT2D eigenvalue weighted by molar-refractivity contribution is 0.668. The van der Waals surface area contributed by atoms with E-state index in [4.69, 9.17) is 34.4 Å². The lowest BCUT2D eigenvalue weighted by atomic mass is 10.0. The Morgan fingerprint density at radius 1 is 0.481 bits per heavy atom. The number of rotatable bonds is 4. The Morgan fingerprint density at radius 2 is 1.17 bits per heavy atom. The van der Waals surface area contributed by atoms with E-state index in [9.17, 15) is 6.85 Å². The molecule has 11 rings (SSSR count). The van der Waals surface area contributed by atoms with Gasteiger partial charge in [-0.2, -0.15) is 0 Å². The monoisotopic (exact) mass is 680 g/mol. The molecule has 3 aromatic heterocycles. The summed E-state index contributed by atoms with van der Waals surface area (Å²) >= 11 is 0. The van der Waals surface area contributed by atoms with Crippen molar-refractivity contribution in [3.8, 4) is 39.9 Å². The third-order valence-corrected chi connectivity index (χ3v) is 8.96. The lowest BCUT2D eigenvalue weighted by Gasteiger charge is -2.13. The maximum absolute atomic E-state index is 10.3. The zero-order valence-electron chi connectivity index (χ0n) is 42.6. The summed E-state index contributed by atoms with van der Waals surface area (Å²) in [4.78, 5) is 14.7. The number of benzene rings is 8. The molecule has 0 aliphatic rings. The van der Waals surface area contributed by atoms with E-state index in [1.165, 1.54) is 0 Å². The third kappa shape index (κ3) is 4.46. The van der Waals surface area contributed by atoms with Gasteiger partial charge in [-0.15, -0.1) is 0 Å². The summed E-state index contributed by atoms with van der Waals surface area (Å²) in [7, 11) is 0. The summed E-state index contributed by atoms with van der Waals surface area (Å²) in [6.45, 7) is 0. The first-order valence-electron chi connectivity index (χ1n) is 24.1. The molecular weight excluding hydrogens is 637 g/mol. The van der Waals surface area contributed by atoms with Crippen LogP contribution in [0, 0.1) is 0 Å². The largest absolute Gasteiger partial charge is 0.456 e. The van der Waals surface area contributed by atoms with Gasteiger partial charge in [-0.3, -0.25) is 0 Å². The molecule has 0 bridgehead atoms. The molecule has 0 saturated carbocycles. The average molecular weight is 681 g/mol. The van der Waals surface area contributed by atoms with Crippen molar-refractivity contribution in [1.29, 1.82) is 0 Å². The van der Waals surface area contributed by atoms with Crippen LogP contribution in [0.25, 0.3) is 105 Å². The predicted octanol–water partition coefficient (Wildman–Crippen LogP) is 12.2. The normalized spacial score (nSPS) is 16.2. The summed E-state index contributed by atoms with van der Waals surface area (Å²) in [6.07, 6.45) is 0. The molecule has 0 amide bonds. The summed E-state index contributed by atoms with van der Waals surface area (Å²) in [6, 6.07) is 11.3. The molecule has 0 radical (unpaired) electrons. The third-order valence-electron chi connectivity index (χ3n) is 8.96. The molecule has 0 N–H and O–H groups in total. The number of aromatic nitrogens is 4. The van der Waals surface area contributed by atoms with Crippen LogP contribution in [0.1, 0.15) is 21.9 Å². The Bertz CT molecular complexity index is 4120. The van der Waals surface area contributed by atoms with Crippen LogP contribution in [0.4, 0.5) is 0 Å². The summed E-state index contributed by atoms with van der Waals surface area (Å²) < 4.78 is 152. The highest BCUT2D eigenvalue weighted by Gasteiger charge is 2.22. The second kappa shape index (κ2) is 11.2. The molecule has 0 fully saturated rings. The maximum Gasteiger partial charge on any atom is 0.164 e. The molecule has 5 heteroatoms. The van der Waals surface area contributed by atoms with Crippen LogP contribution in [0.3, 0.4) is 0 Å². The van der Waals surface area contributed by atoms with Gasteiger partial charge in [0.2, 0.25) is 0 Å². The molecule has 52 heavy (non-hydrogen) atoms. The number of nitrogens with zero attached hydrogens (tertiary/aromatic N) is 4. The summed E-state index contributed by atoms with van der Waals surface area (Å²) in [5.74, 6) is 0.0107. The molecule has 0 unspecified atom stereocenters. The number of furan rings is 1. The molecule has 5 nitrogen and oxygen atoms in total. The standard InChI is InChI=1S/C47H28N4O/c1-2-13-30(14-3-1)45-48-46(34-23-22-29-12-4-5-15-31(29)24-34)50-47(49-45)39-27-35(28-43-44(39)37-19-9-11-21-42(37)52-43)51-40-20-10-8-18-36(40)38-25-32-16-6-7-17-33(32)26-41(38)51/h1-28H/i6D,7D,8D,9D,10D,11D,16D,17D,18D,19D,20D,21D,25D,26D,27D,28D. The van der Waals surface area contributed by atoms with Crippen molar-refractivity contribution in [2.75, 3.05) is 0 Å². The smallest absolute Gasteiger partial charge is 0.164 e. The Labute approximate surface area is 320 Å². The van der Waals surface area contributed by atoms with Crippen molar-refractivity contribution in [1.82, 2.24) is 19.5 Å². The van der Waals surface area contributed by atoms with Crippen molar-refractivity contribution in [3.05, 3.63) is 169 Å². The van der Waals surface area contributed by atoms with Crippen molar-refractivity contribution in [2.24, 2.45) is 0 Å². The van der Waals surface area contributed by atoms with Gasteiger partial charge in [0.1, 0.15) is 11.2 Å². The molecule has 0 spiro atoms. The second-order valence-corrected chi connectivity index (χ2v) is 12.0. The van der Waals surface area contributed by atoms with Gasteiger partial charge in [0.15, 0.2) is 17.5 Å². The molecule has 0 aliphatic carbocycles. The number of hydrogen-bond acceptors (Lipinski definition) is 4. The fourth-order valence-corrected chi connectivity index (χ4v) is 6.61. The van der Waals surface area contributed by atoms with Crippen molar-refractivity contribution >= 4 is 65.3 Å². The van der Waals surface area contributed by atoms with Crippen LogP contribution in [0.15, 0.2) is 174 Å². The number of hydrogen-bond donors (Lipinski definition) is 0. The molecule has 242 valence electrons. The lowest BCUT2D eigenvalue weighted by Crippen LogP contribution is -2.01. The topological polar surface area (TPSA) is 56.7 Å². The Morgan fingerprint density at radius 3 is 2.04 bits per heavy atom. The van der Waals surface area contributed by atoms with Gasteiger partial charge in [0, 0.05) is 44.3 Å². The van der Waals surface area contributed by atoms with Crippen LogP contribution in [0.2, 0.25) is 0 Å². The predicted molar refractivity (Wildman–Crippen MR) is 213 cm³/mol. The Balaban J connectivity index is 1.39. The van der Waals surface area contributed by atoms with Crippen LogP contribution in [-0.2, 0) is 0 Å².